The number of carbonyl (C=O) groups excluding carboxylic acids is 1. The van der Waals surface area contributed by atoms with E-state index in [1.165, 1.54) is 37.2 Å². The number of esters is 1. The van der Waals surface area contributed by atoms with Gasteiger partial charge in [0.05, 0.1) is 16.1 Å². The maximum Gasteiger partial charge on any atom is 0.338 e. The molecule has 0 saturated carbocycles. The van der Waals surface area contributed by atoms with Crippen molar-refractivity contribution in [3.8, 4) is 5.69 Å². The van der Waals surface area contributed by atoms with Crippen LogP contribution < -0.4 is 0 Å². The number of hydrogen-bond donors (Lipinski definition) is 0. The van der Waals surface area contributed by atoms with Crippen molar-refractivity contribution in [1.29, 1.82) is 0 Å². The smallest absolute Gasteiger partial charge is 0.338 e. The van der Waals surface area contributed by atoms with Gasteiger partial charge >= 0.3 is 5.97 Å². The van der Waals surface area contributed by atoms with E-state index in [1.54, 1.807) is 36.4 Å². The van der Waals surface area contributed by atoms with Crippen LogP contribution in [0.1, 0.15) is 15.9 Å². The molecule has 0 aliphatic heterocycles. The standard InChI is InChI=1S/C17H17N5O4S/c1-21(2)27(24,25)16-8-3-5-13(9-16)11-26-17(23)14-6-4-7-15(10-14)22-12-18-19-20-22/h3-10,12H,11H2,1-2H3. The molecule has 1 heterocycles. The maximum absolute atomic E-state index is 12.3. The second-order valence-corrected chi connectivity index (χ2v) is 7.97. The molecule has 0 aliphatic carbocycles. The summed E-state index contributed by atoms with van der Waals surface area (Å²) in [4.78, 5) is 12.5. The lowest BCUT2D eigenvalue weighted by molar-refractivity contribution is 0.0472. The van der Waals surface area contributed by atoms with Crippen LogP contribution >= 0.6 is 0 Å². The Morgan fingerprint density at radius 3 is 2.63 bits per heavy atom. The minimum absolute atomic E-state index is 0.0509. The Morgan fingerprint density at radius 1 is 1.15 bits per heavy atom. The van der Waals surface area contributed by atoms with Gasteiger partial charge in [-0.25, -0.2) is 22.2 Å². The van der Waals surface area contributed by atoms with Gasteiger partial charge in [0.2, 0.25) is 10.0 Å². The highest BCUT2D eigenvalue weighted by molar-refractivity contribution is 7.89. The number of nitrogens with zero attached hydrogens (tertiary/aromatic N) is 5. The molecule has 0 aliphatic rings. The van der Waals surface area contributed by atoms with Gasteiger partial charge in [-0.05, 0) is 46.3 Å². The van der Waals surface area contributed by atoms with Crippen molar-refractivity contribution in [1.82, 2.24) is 24.5 Å². The number of aromatic nitrogens is 4. The molecule has 3 aromatic rings. The molecule has 0 amide bonds. The summed E-state index contributed by atoms with van der Waals surface area (Å²) in [5, 5.41) is 10.9. The molecule has 3 rings (SSSR count). The molecule has 0 saturated heterocycles. The zero-order chi connectivity index (χ0) is 19.4. The summed E-state index contributed by atoms with van der Waals surface area (Å²) in [6.07, 6.45) is 1.42. The van der Waals surface area contributed by atoms with E-state index in [-0.39, 0.29) is 11.5 Å². The van der Waals surface area contributed by atoms with Crippen LogP contribution in [0.2, 0.25) is 0 Å². The van der Waals surface area contributed by atoms with E-state index in [1.807, 2.05) is 0 Å². The van der Waals surface area contributed by atoms with E-state index in [9.17, 15) is 13.2 Å². The van der Waals surface area contributed by atoms with E-state index in [4.69, 9.17) is 4.74 Å². The van der Waals surface area contributed by atoms with Gasteiger partial charge in [0.1, 0.15) is 12.9 Å². The van der Waals surface area contributed by atoms with Crippen molar-refractivity contribution in [3.63, 3.8) is 0 Å². The summed E-state index contributed by atoms with van der Waals surface area (Å²) in [6.45, 7) is -0.0509. The molecule has 10 heteroatoms. The van der Waals surface area contributed by atoms with Crippen molar-refractivity contribution in [3.05, 3.63) is 66.0 Å². The minimum atomic E-state index is -3.55. The molecule has 140 valence electrons. The normalized spacial score (nSPS) is 11.5. The SMILES string of the molecule is CN(C)S(=O)(=O)c1cccc(COC(=O)c2cccc(-n3cnnn3)c2)c1. The maximum atomic E-state index is 12.3. The number of benzene rings is 2. The van der Waals surface area contributed by atoms with Gasteiger partial charge in [0.25, 0.3) is 0 Å². The van der Waals surface area contributed by atoms with E-state index >= 15 is 0 Å². The van der Waals surface area contributed by atoms with Crippen LogP contribution in [-0.4, -0.2) is 53.0 Å². The highest BCUT2D eigenvalue weighted by Gasteiger charge is 2.17. The molecule has 0 spiro atoms. The van der Waals surface area contributed by atoms with Crippen LogP contribution in [0, 0.1) is 0 Å². The van der Waals surface area contributed by atoms with Crippen LogP contribution in [0.15, 0.2) is 59.8 Å². The molecule has 9 nitrogen and oxygen atoms in total. The zero-order valence-corrected chi connectivity index (χ0v) is 15.5. The molecule has 0 fully saturated rings. The topological polar surface area (TPSA) is 107 Å². The summed E-state index contributed by atoms with van der Waals surface area (Å²) < 4.78 is 32.2. The first-order valence-corrected chi connectivity index (χ1v) is 9.34. The predicted octanol–water partition coefficient (Wildman–Crippen LogP) is 1.27. The first-order chi connectivity index (χ1) is 12.9. The molecule has 0 bridgehead atoms. The Bertz CT molecular complexity index is 1050. The Kier molecular flexibility index (Phi) is 5.28. The zero-order valence-electron chi connectivity index (χ0n) is 14.7. The van der Waals surface area contributed by atoms with Crippen molar-refractivity contribution < 1.29 is 17.9 Å². The quantitative estimate of drug-likeness (QED) is 0.586. The lowest BCUT2D eigenvalue weighted by Gasteiger charge is -2.12. The van der Waals surface area contributed by atoms with E-state index in [0.29, 0.717) is 16.8 Å². The third-order valence-electron chi connectivity index (χ3n) is 3.74. The van der Waals surface area contributed by atoms with Crippen LogP contribution in [0.5, 0.6) is 0 Å². The molecule has 2 aromatic carbocycles. The van der Waals surface area contributed by atoms with Crippen LogP contribution in [0.4, 0.5) is 0 Å². The summed E-state index contributed by atoms with van der Waals surface area (Å²) in [5.74, 6) is -0.536. The Morgan fingerprint density at radius 2 is 1.93 bits per heavy atom. The van der Waals surface area contributed by atoms with Crippen molar-refractivity contribution in [2.45, 2.75) is 11.5 Å². The highest BCUT2D eigenvalue weighted by Crippen LogP contribution is 2.16. The molecule has 0 radical (unpaired) electrons. The first kappa shape index (κ1) is 18.7. The highest BCUT2D eigenvalue weighted by atomic mass is 32.2. The monoisotopic (exact) mass is 387 g/mol. The fourth-order valence-corrected chi connectivity index (χ4v) is 3.27. The first-order valence-electron chi connectivity index (χ1n) is 7.90. The summed E-state index contributed by atoms with van der Waals surface area (Å²) in [6, 6.07) is 12.9. The van der Waals surface area contributed by atoms with E-state index < -0.39 is 16.0 Å². The fraction of sp³-hybridized carbons (Fsp3) is 0.176. The van der Waals surface area contributed by atoms with Gasteiger partial charge < -0.3 is 4.74 Å². The lowest BCUT2D eigenvalue weighted by Crippen LogP contribution is -2.22. The van der Waals surface area contributed by atoms with E-state index in [0.717, 1.165) is 4.31 Å². The second-order valence-electron chi connectivity index (χ2n) is 5.82. The predicted molar refractivity (Wildman–Crippen MR) is 95.6 cm³/mol. The average molecular weight is 387 g/mol. The van der Waals surface area contributed by atoms with Crippen LogP contribution in [0.25, 0.3) is 5.69 Å². The largest absolute Gasteiger partial charge is 0.457 e. The van der Waals surface area contributed by atoms with Crippen LogP contribution in [-0.2, 0) is 21.4 Å². The fourth-order valence-electron chi connectivity index (χ4n) is 2.29. The van der Waals surface area contributed by atoms with Crippen LogP contribution in [0.3, 0.4) is 0 Å². The van der Waals surface area contributed by atoms with Gasteiger partial charge in [0, 0.05) is 14.1 Å². The number of rotatable bonds is 6. The third-order valence-corrected chi connectivity index (χ3v) is 5.55. The molecule has 0 N–H and O–H groups in total. The second kappa shape index (κ2) is 7.64. The number of ether oxygens (including phenoxy) is 1. The van der Waals surface area contributed by atoms with E-state index in [2.05, 4.69) is 15.5 Å². The van der Waals surface area contributed by atoms with Gasteiger partial charge in [-0.3, -0.25) is 0 Å². The van der Waals surface area contributed by atoms with Gasteiger partial charge in [-0.2, -0.15) is 0 Å². The molecular weight excluding hydrogens is 370 g/mol. The number of sulfonamides is 1. The Hall–Kier alpha value is -3.11. The van der Waals surface area contributed by atoms with Gasteiger partial charge in [0.15, 0.2) is 0 Å². The molecule has 0 atom stereocenters. The van der Waals surface area contributed by atoms with Gasteiger partial charge in [-0.15, -0.1) is 5.10 Å². The van der Waals surface area contributed by atoms with Gasteiger partial charge in [-0.1, -0.05) is 18.2 Å². The minimum Gasteiger partial charge on any atom is -0.457 e. The third kappa shape index (κ3) is 4.18. The molecule has 27 heavy (non-hydrogen) atoms. The molecule has 0 unspecified atom stereocenters. The number of hydrogen-bond acceptors (Lipinski definition) is 7. The molecule has 1 aromatic heterocycles. The Balaban J connectivity index is 1.72. The average Bonchev–Trinajstić information content (AvgIpc) is 3.21. The molecular formula is C17H17N5O4S. The number of tetrazole rings is 1. The lowest BCUT2D eigenvalue weighted by atomic mass is 10.2. The Labute approximate surface area is 156 Å². The van der Waals surface area contributed by atoms with Crippen molar-refractivity contribution in [2.24, 2.45) is 0 Å². The summed E-state index contributed by atoms with van der Waals surface area (Å²) >= 11 is 0. The number of carbonyl (C=O) groups is 1. The summed E-state index contributed by atoms with van der Waals surface area (Å²) in [7, 11) is -0.634. The summed E-state index contributed by atoms with van der Waals surface area (Å²) in [5.41, 5.74) is 1.52. The van der Waals surface area contributed by atoms with Crippen molar-refractivity contribution >= 4 is 16.0 Å². The van der Waals surface area contributed by atoms with Crippen molar-refractivity contribution in [2.75, 3.05) is 14.1 Å².